The van der Waals surface area contributed by atoms with Crippen LogP contribution in [0.15, 0.2) is 52.1 Å². The first-order valence-corrected chi connectivity index (χ1v) is 8.86. The molecule has 3 aromatic rings. The monoisotopic (exact) mass is 417 g/mol. The summed E-state index contributed by atoms with van der Waals surface area (Å²) in [7, 11) is 0. The van der Waals surface area contributed by atoms with Gasteiger partial charge in [0.25, 0.3) is 0 Å². The van der Waals surface area contributed by atoms with E-state index in [1.54, 1.807) is 29.9 Å². The molecule has 0 saturated carbocycles. The highest BCUT2D eigenvalue weighted by Gasteiger charge is 2.18. The van der Waals surface area contributed by atoms with Crippen molar-refractivity contribution in [1.29, 1.82) is 0 Å². The van der Waals surface area contributed by atoms with E-state index in [2.05, 4.69) is 15.6 Å². The van der Waals surface area contributed by atoms with Gasteiger partial charge in [-0.2, -0.15) is 10.2 Å². The lowest BCUT2D eigenvalue weighted by Gasteiger charge is -2.01. The molecule has 11 heteroatoms. The van der Waals surface area contributed by atoms with E-state index in [4.69, 9.17) is 20.8 Å². The summed E-state index contributed by atoms with van der Waals surface area (Å²) in [4.78, 5) is 21.6. The molecule has 0 aliphatic heterocycles. The lowest BCUT2D eigenvalue weighted by Crippen LogP contribution is -2.18. The minimum atomic E-state index is -0.701. The van der Waals surface area contributed by atoms with Crippen molar-refractivity contribution in [2.45, 2.75) is 13.5 Å². The number of aromatic nitrogens is 2. The summed E-state index contributed by atoms with van der Waals surface area (Å²) in [6.45, 7) is 2.31. The molecule has 0 aliphatic carbocycles. The van der Waals surface area contributed by atoms with Gasteiger partial charge in [-0.15, -0.1) is 0 Å². The number of halogens is 1. The first kappa shape index (κ1) is 20.1. The number of nitro groups is 1. The van der Waals surface area contributed by atoms with Crippen LogP contribution in [0, 0.1) is 10.1 Å². The number of hydrogen-bond donors (Lipinski definition) is 1. The third-order valence-electron chi connectivity index (χ3n) is 3.69. The van der Waals surface area contributed by atoms with Crippen molar-refractivity contribution in [2.75, 3.05) is 6.61 Å². The summed E-state index contributed by atoms with van der Waals surface area (Å²) in [5.41, 5.74) is 3.98. The summed E-state index contributed by atoms with van der Waals surface area (Å²) < 4.78 is 11.6. The van der Waals surface area contributed by atoms with E-state index in [-0.39, 0.29) is 12.4 Å². The average molecular weight is 418 g/mol. The molecule has 29 heavy (non-hydrogen) atoms. The number of rotatable bonds is 7. The van der Waals surface area contributed by atoms with Gasteiger partial charge in [0, 0.05) is 16.8 Å². The molecule has 10 nitrogen and oxygen atoms in total. The first-order valence-electron chi connectivity index (χ1n) is 8.48. The second-order valence-corrected chi connectivity index (χ2v) is 6.18. The molecule has 0 bridgehead atoms. The number of ether oxygens (including phenoxy) is 1. The standard InChI is InChI=1S/C18H16ClN5O5/c1-2-28-18(25)21-20-9-13-11-23(10-12-3-5-14(19)6-4-12)22-17(13)15-7-8-16(29-15)24(26)27/h3-9,11H,2,10H2,1H3,(H,21,25). The summed E-state index contributed by atoms with van der Waals surface area (Å²) in [6, 6.07) is 9.94. The van der Waals surface area contributed by atoms with E-state index < -0.39 is 16.9 Å². The van der Waals surface area contributed by atoms with Crippen LogP contribution in [0.3, 0.4) is 0 Å². The van der Waals surface area contributed by atoms with Crippen LogP contribution in [0.2, 0.25) is 5.02 Å². The van der Waals surface area contributed by atoms with Crippen LogP contribution in [-0.4, -0.2) is 33.6 Å². The van der Waals surface area contributed by atoms with E-state index in [0.29, 0.717) is 22.8 Å². The Kier molecular flexibility index (Phi) is 6.25. The van der Waals surface area contributed by atoms with Crippen molar-refractivity contribution in [1.82, 2.24) is 15.2 Å². The van der Waals surface area contributed by atoms with Crippen LogP contribution >= 0.6 is 11.6 Å². The topological polar surface area (TPSA) is 125 Å². The highest BCUT2D eigenvalue weighted by atomic mass is 35.5. The van der Waals surface area contributed by atoms with Gasteiger partial charge in [0.15, 0.2) is 5.76 Å². The fraction of sp³-hybridized carbons (Fsp3) is 0.167. The fourth-order valence-electron chi connectivity index (χ4n) is 2.45. The Labute approximate surface area is 169 Å². The molecule has 150 valence electrons. The van der Waals surface area contributed by atoms with Crippen molar-refractivity contribution >= 4 is 29.8 Å². The number of nitrogens with one attached hydrogen (secondary N) is 1. The zero-order valence-electron chi connectivity index (χ0n) is 15.2. The van der Waals surface area contributed by atoms with Gasteiger partial charge < -0.3 is 9.15 Å². The number of hydrogen-bond acceptors (Lipinski definition) is 7. The van der Waals surface area contributed by atoms with E-state index >= 15 is 0 Å². The predicted octanol–water partition coefficient (Wildman–Crippen LogP) is 3.83. The minimum absolute atomic E-state index is 0.198. The van der Waals surface area contributed by atoms with Crippen molar-refractivity contribution in [3.05, 3.63) is 68.9 Å². The smallest absolute Gasteiger partial charge is 0.433 e. The molecule has 1 aromatic carbocycles. The Bertz CT molecular complexity index is 1040. The Morgan fingerprint density at radius 3 is 2.79 bits per heavy atom. The lowest BCUT2D eigenvalue weighted by molar-refractivity contribution is -0.401. The quantitative estimate of drug-likeness (QED) is 0.353. The van der Waals surface area contributed by atoms with Gasteiger partial charge in [0.1, 0.15) is 10.6 Å². The number of amides is 1. The maximum atomic E-state index is 11.4. The molecule has 0 aliphatic rings. The minimum Gasteiger partial charge on any atom is -0.449 e. The van der Waals surface area contributed by atoms with E-state index in [0.717, 1.165) is 5.56 Å². The molecule has 0 saturated heterocycles. The first-order chi connectivity index (χ1) is 14.0. The SMILES string of the molecule is CCOC(=O)NN=Cc1cn(Cc2ccc(Cl)cc2)nc1-c1ccc([N+](=O)[O-])o1. The molecule has 1 N–H and O–H groups in total. The van der Waals surface area contributed by atoms with Crippen LogP contribution in [-0.2, 0) is 11.3 Å². The molecule has 0 radical (unpaired) electrons. The van der Waals surface area contributed by atoms with Gasteiger partial charge in [0.05, 0.1) is 25.4 Å². The molecule has 2 aromatic heterocycles. The second-order valence-electron chi connectivity index (χ2n) is 5.74. The second kappa shape index (κ2) is 9.02. The summed E-state index contributed by atoms with van der Waals surface area (Å²) in [5.74, 6) is -0.205. The van der Waals surface area contributed by atoms with Crippen LogP contribution in [0.5, 0.6) is 0 Å². The summed E-state index contributed by atoms with van der Waals surface area (Å²) in [5, 5.41) is 19.8. The van der Waals surface area contributed by atoms with Crippen molar-refractivity contribution in [2.24, 2.45) is 5.10 Å². The van der Waals surface area contributed by atoms with Gasteiger partial charge >= 0.3 is 12.0 Å². The molecule has 0 fully saturated rings. The van der Waals surface area contributed by atoms with E-state index in [9.17, 15) is 14.9 Å². The van der Waals surface area contributed by atoms with Crippen LogP contribution in [0.4, 0.5) is 10.7 Å². The van der Waals surface area contributed by atoms with Crippen LogP contribution in [0.25, 0.3) is 11.5 Å². The van der Waals surface area contributed by atoms with Gasteiger partial charge in [-0.25, -0.2) is 10.2 Å². The highest BCUT2D eigenvalue weighted by Crippen LogP contribution is 2.27. The van der Waals surface area contributed by atoms with E-state index in [1.807, 2.05) is 12.1 Å². The van der Waals surface area contributed by atoms with Crippen molar-refractivity contribution < 1.29 is 18.9 Å². The Morgan fingerprint density at radius 2 is 2.14 bits per heavy atom. The maximum Gasteiger partial charge on any atom is 0.433 e. The number of benzene rings is 1. The number of carbonyl (C=O) groups excluding carboxylic acids is 1. The fourth-order valence-corrected chi connectivity index (χ4v) is 2.58. The number of hydrazone groups is 1. The molecule has 2 heterocycles. The summed E-state index contributed by atoms with van der Waals surface area (Å²) in [6.07, 6.45) is 2.33. The summed E-state index contributed by atoms with van der Waals surface area (Å²) >= 11 is 5.91. The van der Waals surface area contributed by atoms with Crippen molar-refractivity contribution in [3.63, 3.8) is 0 Å². The number of carbonyl (C=O) groups is 1. The van der Waals surface area contributed by atoms with Gasteiger partial charge in [0.2, 0.25) is 0 Å². The Hall–Kier alpha value is -3.66. The average Bonchev–Trinajstić information content (AvgIpc) is 3.31. The normalized spacial score (nSPS) is 11.0. The van der Waals surface area contributed by atoms with Gasteiger partial charge in [-0.3, -0.25) is 14.8 Å². The molecular formula is C18H16ClN5O5. The lowest BCUT2D eigenvalue weighted by atomic mass is 10.2. The molecule has 0 unspecified atom stereocenters. The Balaban J connectivity index is 1.89. The molecule has 3 rings (SSSR count). The Morgan fingerprint density at radius 1 is 1.38 bits per heavy atom. The molecular weight excluding hydrogens is 402 g/mol. The largest absolute Gasteiger partial charge is 0.449 e. The zero-order valence-corrected chi connectivity index (χ0v) is 16.0. The maximum absolute atomic E-state index is 11.4. The van der Waals surface area contributed by atoms with Crippen LogP contribution < -0.4 is 5.43 Å². The molecule has 0 spiro atoms. The van der Waals surface area contributed by atoms with Crippen LogP contribution in [0.1, 0.15) is 18.1 Å². The van der Waals surface area contributed by atoms with E-state index in [1.165, 1.54) is 18.3 Å². The molecule has 0 atom stereocenters. The van der Waals surface area contributed by atoms with Gasteiger partial charge in [-0.05, 0) is 30.7 Å². The number of furan rings is 1. The third kappa shape index (κ3) is 5.20. The van der Waals surface area contributed by atoms with Gasteiger partial charge in [-0.1, -0.05) is 23.7 Å². The number of nitrogens with zero attached hydrogens (tertiary/aromatic N) is 4. The zero-order chi connectivity index (χ0) is 20.8. The third-order valence-corrected chi connectivity index (χ3v) is 3.94. The predicted molar refractivity (Wildman–Crippen MR) is 105 cm³/mol. The highest BCUT2D eigenvalue weighted by molar-refractivity contribution is 6.30. The molecule has 1 amide bonds. The van der Waals surface area contributed by atoms with Crippen molar-refractivity contribution in [3.8, 4) is 11.5 Å².